The first-order valence-corrected chi connectivity index (χ1v) is 12.4. The molecule has 35 heavy (non-hydrogen) atoms. The zero-order chi connectivity index (χ0) is 24.8. The predicted molar refractivity (Wildman–Crippen MR) is 133 cm³/mol. The number of nitrogens with one attached hydrogen (secondary N) is 1. The molecule has 4 rings (SSSR count). The van der Waals surface area contributed by atoms with Crippen molar-refractivity contribution in [2.75, 3.05) is 20.3 Å². The molecule has 6 nitrogen and oxygen atoms in total. The average Bonchev–Trinajstić information content (AvgIpc) is 3.47. The Balaban J connectivity index is 1.37. The Labute approximate surface area is 208 Å². The summed E-state index contributed by atoms with van der Waals surface area (Å²) in [7, 11) is 1.63. The molecule has 0 radical (unpaired) electrons. The maximum absolute atomic E-state index is 13.2. The second-order valence-electron chi connectivity index (χ2n) is 8.73. The van der Waals surface area contributed by atoms with Crippen molar-refractivity contribution in [3.05, 3.63) is 81.8 Å². The number of methoxy groups -OCH3 is 1. The molecule has 0 aliphatic carbocycles. The van der Waals surface area contributed by atoms with Crippen molar-refractivity contribution >= 4 is 23.2 Å². The van der Waals surface area contributed by atoms with E-state index >= 15 is 0 Å². The van der Waals surface area contributed by atoms with Gasteiger partial charge in [-0.3, -0.25) is 9.59 Å². The molecule has 184 valence electrons. The van der Waals surface area contributed by atoms with Crippen LogP contribution in [0.3, 0.4) is 0 Å². The Morgan fingerprint density at radius 1 is 1.06 bits per heavy atom. The normalized spacial score (nSPS) is 17.4. The molecule has 2 aromatic carbocycles. The summed E-state index contributed by atoms with van der Waals surface area (Å²) in [6, 6.07) is 16.5. The Morgan fingerprint density at radius 2 is 1.74 bits per heavy atom. The number of amides is 2. The van der Waals surface area contributed by atoms with Crippen LogP contribution in [0.1, 0.15) is 21.7 Å². The number of ether oxygens (including phenoxy) is 2. The van der Waals surface area contributed by atoms with Crippen molar-refractivity contribution in [1.82, 2.24) is 10.2 Å². The van der Waals surface area contributed by atoms with Gasteiger partial charge < -0.3 is 19.7 Å². The van der Waals surface area contributed by atoms with Crippen LogP contribution in [0.15, 0.2) is 60.7 Å². The Bertz CT molecular complexity index is 1150. The van der Waals surface area contributed by atoms with Gasteiger partial charge in [-0.2, -0.15) is 0 Å². The van der Waals surface area contributed by atoms with Gasteiger partial charge in [0.25, 0.3) is 0 Å². The van der Waals surface area contributed by atoms with E-state index in [0.717, 1.165) is 10.4 Å². The molecule has 1 saturated heterocycles. The molecule has 1 N–H and O–H groups in total. The molecule has 0 spiro atoms. The molecule has 3 aromatic rings. The first kappa shape index (κ1) is 24.9. The van der Waals surface area contributed by atoms with Gasteiger partial charge in [-0.25, -0.2) is 4.39 Å². The number of carbonyl (C=O) groups is 2. The number of likely N-dealkylation sites (tertiary alicyclic amines) is 1. The number of benzene rings is 2. The molecule has 2 heterocycles. The van der Waals surface area contributed by atoms with Gasteiger partial charge in [-0.1, -0.05) is 12.1 Å². The van der Waals surface area contributed by atoms with E-state index in [4.69, 9.17) is 9.47 Å². The minimum atomic E-state index is -0.509. The smallest absolute Gasteiger partial charge is 0.243 e. The largest absolute Gasteiger partial charge is 0.457 e. The Hall–Kier alpha value is -3.23. The number of halogens is 1. The molecule has 1 aliphatic heterocycles. The van der Waals surface area contributed by atoms with Gasteiger partial charge in [0, 0.05) is 29.3 Å². The summed E-state index contributed by atoms with van der Waals surface area (Å²) in [6.45, 7) is 3.49. The molecular weight excluding hydrogens is 467 g/mol. The van der Waals surface area contributed by atoms with E-state index in [1.807, 2.05) is 31.2 Å². The summed E-state index contributed by atoms with van der Waals surface area (Å²) in [4.78, 5) is 30.2. The third kappa shape index (κ3) is 6.68. The third-order valence-electron chi connectivity index (χ3n) is 5.97. The molecule has 2 unspecified atom stereocenters. The number of nitrogens with zero attached hydrogens (tertiary/aromatic N) is 1. The van der Waals surface area contributed by atoms with Gasteiger partial charge in [0.2, 0.25) is 11.8 Å². The predicted octanol–water partition coefficient (Wildman–Crippen LogP) is 4.71. The third-order valence-corrected chi connectivity index (χ3v) is 6.97. The average molecular weight is 497 g/mol. The molecule has 1 aliphatic rings. The van der Waals surface area contributed by atoms with E-state index in [0.29, 0.717) is 37.6 Å². The van der Waals surface area contributed by atoms with E-state index in [1.54, 1.807) is 47.6 Å². The molecule has 0 bridgehead atoms. The number of hydrogen-bond donors (Lipinski definition) is 1. The number of thiophene rings is 1. The second kappa shape index (κ2) is 11.5. The highest BCUT2D eigenvalue weighted by Gasteiger charge is 2.39. The molecule has 2 amide bonds. The van der Waals surface area contributed by atoms with Crippen molar-refractivity contribution < 1.29 is 23.5 Å². The number of hydrogen-bond acceptors (Lipinski definition) is 5. The van der Waals surface area contributed by atoms with Crippen molar-refractivity contribution in [2.45, 2.75) is 32.4 Å². The first-order chi connectivity index (χ1) is 16.9. The minimum absolute atomic E-state index is 0.0945. The van der Waals surface area contributed by atoms with Gasteiger partial charge in [0.05, 0.1) is 19.6 Å². The highest BCUT2D eigenvalue weighted by atomic mass is 32.1. The fourth-order valence-electron chi connectivity index (χ4n) is 4.27. The maximum atomic E-state index is 13.2. The summed E-state index contributed by atoms with van der Waals surface area (Å²) < 4.78 is 24.1. The molecule has 1 aromatic heterocycles. The van der Waals surface area contributed by atoms with Gasteiger partial charge >= 0.3 is 0 Å². The summed E-state index contributed by atoms with van der Waals surface area (Å²) in [5.41, 5.74) is 0.824. The topological polar surface area (TPSA) is 67.9 Å². The van der Waals surface area contributed by atoms with Gasteiger partial charge in [-0.05, 0) is 67.4 Å². The summed E-state index contributed by atoms with van der Waals surface area (Å²) in [6.07, 6.45) is 0.768. The van der Waals surface area contributed by atoms with Crippen molar-refractivity contribution in [3.63, 3.8) is 0 Å². The lowest BCUT2D eigenvalue weighted by molar-refractivity contribution is -0.138. The lowest BCUT2D eigenvalue weighted by atomic mass is 10.1. The molecular formula is C27H29FN2O4S. The van der Waals surface area contributed by atoms with Crippen LogP contribution in [0.25, 0.3) is 0 Å². The van der Waals surface area contributed by atoms with Crippen LogP contribution in [0.2, 0.25) is 0 Å². The van der Waals surface area contributed by atoms with E-state index in [2.05, 4.69) is 5.32 Å². The quantitative estimate of drug-likeness (QED) is 0.466. The van der Waals surface area contributed by atoms with Crippen molar-refractivity contribution in [3.8, 4) is 11.5 Å². The van der Waals surface area contributed by atoms with Gasteiger partial charge in [0.15, 0.2) is 0 Å². The molecule has 1 fully saturated rings. The van der Waals surface area contributed by atoms with Crippen LogP contribution >= 0.6 is 11.3 Å². The van der Waals surface area contributed by atoms with Crippen molar-refractivity contribution in [1.29, 1.82) is 0 Å². The summed E-state index contributed by atoms with van der Waals surface area (Å²) in [5, 5.41) is 3.00. The highest BCUT2D eigenvalue weighted by Crippen LogP contribution is 2.26. The standard InChI is InChI=1S/C27H29FN2O4S/c1-18-3-12-24(35-18)15-29-27(32)25-13-20(17-33-2)16-30(25)26(31)14-19-4-8-22(9-5-19)34-23-10-6-21(28)7-11-23/h3-12,20,25H,13-17H2,1-2H3,(H,29,32). The maximum Gasteiger partial charge on any atom is 0.243 e. The minimum Gasteiger partial charge on any atom is -0.457 e. The lowest BCUT2D eigenvalue weighted by Gasteiger charge is -2.24. The number of aryl methyl sites for hydroxylation is 1. The van der Waals surface area contributed by atoms with Crippen LogP contribution < -0.4 is 10.1 Å². The summed E-state index contributed by atoms with van der Waals surface area (Å²) in [5.74, 6) is 0.692. The number of carbonyl (C=O) groups excluding carboxylic acids is 2. The Morgan fingerprint density at radius 3 is 2.37 bits per heavy atom. The Kier molecular flexibility index (Phi) is 8.15. The zero-order valence-electron chi connectivity index (χ0n) is 19.8. The van der Waals surface area contributed by atoms with Crippen molar-refractivity contribution in [2.24, 2.45) is 5.92 Å². The van der Waals surface area contributed by atoms with Crippen LogP contribution in [0, 0.1) is 18.7 Å². The number of rotatable bonds is 9. The zero-order valence-corrected chi connectivity index (χ0v) is 20.6. The van der Waals surface area contributed by atoms with Crippen LogP contribution in [-0.4, -0.2) is 43.0 Å². The monoisotopic (exact) mass is 496 g/mol. The SMILES string of the molecule is COCC1CC(C(=O)NCc2ccc(C)s2)N(C(=O)Cc2ccc(Oc3ccc(F)cc3)cc2)C1. The highest BCUT2D eigenvalue weighted by molar-refractivity contribution is 7.11. The molecule has 0 saturated carbocycles. The fourth-order valence-corrected chi connectivity index (χ4v) is 5.10. The van der Waals surface area contributed by atoms with E-state index in [1.165, 1.54) is 17.0 Å². The van der Waals surface area contributed by atoms with E-state index in [-0.39, 0.29) is 30.0 Å². The van der Waals surface area contributed by atoms with E-state index < -0.39 is 6.04 Å². The summed E-state index contributed by atoms with van der Waals surface area (Å²) >= 11 is 1.65. The molecule has 2 atom stereocenters. The van der Waals surface area contributed by atoms with Crippen LogP contribution in [-0.2, 0) is 27.3 Å². The van der Waals surface area contributed by atoms with E-state index in [9.17, 15) is 14.0 Å². The van der Waals surface area contributed by atoms with Crippen LogP contribution in [0.5, 0.6) is 11.5 Å². The van der Waals surface area contributed by atoms with Gasteiger partial charge in [0.1, 0.15) is 23.4 Å². The van der Waals surface area contributed by atoms with Crippen LogP contribution in [0.4, 0.5) is 4.39 Å². The first-order valence-electron chi connectivity index (χ1n) is 11.5. The van der Waals surface area contributed by atoms with Gasteiger partial charge in [-0.15, -0.1) is 11.3 Å². The lowest BCUT2D eigenvalue weighted by Crippen LogP contribution is -2.46. The molecule has 8 heteroatoms. The second-order valence-corrected chi connectivity index (χ2v) is 10.1. The fraction of sp³-hybridized carbons (Fsp3) is 0.333.